The van der Waals surface area contributed by atoms with Crippen molar-refractivity contribution in [3.8, 4) is 0 Å². The van der Waals surface area contributed by atoms with E-state index in [9.17, 15) is 14.4 Å². The molecule has 7 heteroatoms. The Balaban J connectivity index is 1.39. The van der Waals surface area contributed by atoms with E-state index < -0.39 is 5.54 Å². The van der Waals surface area contributed by atoms with Crippen LogP contribution in [0.3, 0.4) is 0 Å². The molecule has 0 bridgehead atoms. The first kappa shape index (κ1) is 23.1. The van der Waals surface area contributed by atoms with Gasteiger partial charge in [0.25, 0.3) is 11.8 Å². The minimum atomic E-state index is -1.11. The number of nitrogens with zero attached hydrogens (tertiary/aromatic N) is 2. The molecule has 7 nitrogen and oxygen atoms in total. The molecule has 35 heavy (non-hydrogen) atoms. The Morgan fingerprint density at radius 3 is 2.69 bits per heavy atom. The van der Waals surface area contributed by atoms with Gasteiger partial charge in [-0.25, -0.2) is 9.69 Å². The first-order chi connectivity index (χ1) is 17.0. The van der Waals surface area contributed by atoms with E-state index in [1.807, 2.05) is 25.1 Å². The van der Waals surface area contributed by atoms with Crippen molar-refractivity contribution in [3.63, 3.8) is 0 Å². The van der Waals surface area contributed by atoms with Gasteiger partial charge in [0, 0.05) is 29.6 Å². The number of anilines is 1. The number of H-pyrrole nitrogens is 1. The summed E-state index contributed by atoms with van der Waals surface area (Å²) >= 11 is 0. The number of imide groups is 1. The molecular weight excluding hydrogens is 440 g/mol. The minimum Gasteiger partial charge on any atom is -0.356 e. The molecular formula is C28H32N4O3. The lowest BCUT2D eigenvalue weighted by molar-refractivity contribution is -0.125. The molecule has 0 aliphatic carbocycles. The molecule has 3 heterocycles. The zero-order chi connectivity index (χ0) is 24.6. The molecule has 2 aliphatic rings. The highest BCUT2D eigenvalue weighted by Gasteiger charge is 2.59. The van der Waals surface area contributed by atoms with E-state index in [0.717, 1.165) is 35.0 Å². The summed E-state index contributed by atoms with van der Waals surface area (Å²) in [5.41, 5.74) is 2.59. The maximum atomic E-state index is 13.8. The molecule has 0 radical (unpaired) electrons. The third-order valence-corrected chi connectivity index (χ3v) is 7.40. The number of hydrogen-bond acceptors (Lipinski definition) is 3. The standard InChI is InChI=1S/C28H32N4O3/c1-3-4-5-6-9-16-29-25(33)19-11-10-12-20(18-19)32-26(34)28(2)24-22(15-17-31(28)27(32)35)21-13-7-8-14-23(21)30-24/h7-8,10-14,18,30H,3-6,9,15-17H2,1-2H3,(H,29,33)/t28-/m0/s1. The van der Waals surface area contributed by atoms with E-state index in [2.05, 4.69) is 23.3 Å². The Morgan fingerprint density at radius 2 is 1.86 bits per heavy atom. The largest absolute Gasteiger partial charge is 0.356 e. The fourth-order valence-electron chi connectivity index (χ4n) is 5.44. The van der Waals surface area contributed by atoms with Crippen LogP contribution < -0.4 is 10.2 Å². The fourth-order valence-corrected chi connectivity index (χ4v) is 5.44. The number of carbonyl (C=O) groups is 3. The molecule has 3 aromatic rings. The minimum absolute atomic E-state index is 0.191. The van der Waals surface area contributed by atoms with Gasteiger partial charge in [-0.1, -0.05) is 56.9 Å². The van der Waals surface area contributed by atoms with Crippen molar-refractivity contribution in [2.24, 2.45) is 0 Å². The van der Waals surface area contributed by atoms with Gasteiger partial charge in [0.2, 0.25) is 0 Å². The molecule has 2 N–H and O–H groups in total. The molecule has 4 amide bonds. The second kappa shape index (κ2) is 9.21. The number of benzene rings is 2. The lowest BCUT2D eigenvalue weighted by atomic mass is 9.87. The van der Waals surface area contributed by atoms with Crippen LogP contribution >= 0.6 is 0 Å². The monoisotopic (exact) mass is 472 g/mol. The number of unbranched alkanes of at least 4 members (excludes halogenated alkanes) is 4. The fraction of sp³-hybridized carbons (Fsp3) is 0.393. The number of hydrogen-bond donors (Lipinski definition) is 2. The van der Waals surface area contributed by atoms with Crippen LogP contribution in [0, 0.1) is 0 Å². The normalized spacial score (nSPS) is 19.3. The van der Waals surface area contributed by atoms with E-state index in [-0.39, 0.29) is 17.8 Å². The van der Waals surface area contributed by atoms with Crippen LogP contribution in [0.5, 0.6) is 0 Å². The summed E-state index contributed by atoms with van der Waals surface area (Å²) in [5.74, 6) is -0.494. The van der Waals surface area contributed by atoms with Crippen LogP contribution in [0.4, 0.5) is 10.5 Å². The first-order valence-corrected chi connectivity index (χ1v) is 12.6. The summed E-state index contributed by atoms with van der Waals surface area (Å²) in [6, 6.07) is 14.4. The van der Waals surface area contributed by atoms with Gasteiger partial charge in [0.15, 0.2) is 5.54 Å². The molecule has 1 fully saturated rings. The van der Waals surface area contributed by atoms with Crippen molar-refractivity contribution >= 4 is 34.4 Å². The molecule has 2 aromatic carbocycles. The molecule has 2 aliphatic heterocycles. The summed E-state index contributed by atoms with van der Waals surface area (Å²) in [4.78, 5) is 46.3. The Kier molecular flexibility index (Phi) is 6.09. The predicted octanol–water partition coefficient (Wildman–Crippen LogP) is 5.11. The molecule has 1 atom stereocenters. The van der Waals surface area contributed by atoms with Gasteiger partial charge >= 0.3 is 6.03 Å². The topological polar surface area (TPSA) is 85.5 Å². The Hall–Kier alpha value is -3.61. The van der Waals surface area contributed by atoms with Crippen molar-refractivity contribution in [1.29, 1.82) is 0 Å². The number of rotatable bonds is 8. The van der Waals surface area contributed by atoms with Gasteiger partial charge in [0.1, 0.15) is 0 Å². The number of aromatic amines is 1. The summed E-state index contributed by atoms with van der Waals surface area (Å²) in [7, 11) is 0. The van der Waals surface area contributed by atoms with Crippen molar-refractivity contribution < 1.29 is 14.4 Å². The maximum Gasteiger partial charge on any atom is 0.332 e. The molecule has 0 saturated carbocycles. The van der Waals surface area contributed by atoms with Gasteiger partial charge in [-0.2, -0.15) is 0 Å². The van der Waals surface area contributed by atoms with Crippen molar-refractivity contribution in [2.75, 3.05) is 18.0 Å². The second-order valence-electron chi connectivity index (χ2n) is 9.64. The van der Waals surface area contributed by atoms with Crippen LogP contribution in [0.15, 0.2) is 48.5 Å². The SMILES string of the molecule is CCCCCCCNC(=O)c1cccc(N2C(=O)N3CCc4c([nH]c5ccccc45)[C@@]3(C)C2=O)c1. The number of amides is 4. The quantitative estimate of drug-likeness (QED) is 0.353. The summed E-state index contributed by atoms with van der Waals surface area (Å²) in [5, 5.41) is 4.05. The number of aromatic nitrogens is 1. The Morgan fingerprint density at radius 1 is 1.06 bits per heavy atom. The third kappa shape index (κ3) is 3.79. The highest BCUT2D eigenvalue weighted by atomic mass is 16.2. The van der Waals surface area contributed by atoms with Crippen LogP contribution in [-0.4, -0.2) is 40.8 Å². The lowest BCUT2D eigenvalue weighted by Crippen LogP contribution is -2.49. The van der Waals surface area contributed by atoms with Crippen molar-refractivity contribution in [1.82, 2.24) is 15.2 Å². The number of urea groups is 1. The van der Waals surface area contributed by atoms with E-state index in [0.29, 0.717) is 30.8 Å². The van der Waals surface area contributed by atoms with Crippen LogP contribution in [0.2, 0.25) is 0 Å². The number of carbonyl (C=O) groups excluding carboxylic acids is 3. The molecule has 182 valence electrons. The smallest absolute Gasteiger partial charge is 0.332 e. The van der Waals surface area contributed by atoms with Gasteiger partial charge in [-0.3, -0.25) is 9.59 Å². The van der Waals surface area contributed by atoms with E-state index in [1.54, 1.807) is 29.2 Å². The molecule has 0 spiro atoms. The number of nitrogens with one attached hydrogen (secondary N) is 2. The molecule has 1 saturated heterocycles. The van der Waals surface area contributed by atoms with E-state index in [1.165, 1.54) is 24.2 Å². The van der Waals surface area contributed by atoms with E-state index >= 15 is 0 Å². The lowest BCUT2D eigenvalue weighted by Gasteiger charge is -2.35. The van der Waals surface area contributed by atoms with Crippen LogP contribution in [0.25, 0.3) is 10.9 Å². The molecule has 1 aromatic heterocycles. The van der Waals surface area contributed by atoms with Gasteiger partial charge in [-0.15, -0.1) is 0 Å². The Bertz CT molecular complexity index is 1300. The number of para-hydroxylation sites is 1. The van der Waals surface area contributed by atoms with Gasteiger partial charge in [-0.05, 0) is 49.6 Å². The highest BCUT2D eigenvalue weighted by molar-refractivity contribution is 6.24. The summed E-state index contributed by atoms with van der Waals surface area (Å²) in [6.45, 7) is 5.07. The van der Waals surface area contributed by atoms with Gasteiger partial charge in [0.05, 0.1) is 11.4 Å². The first-order valence-electron chi connectivity index (χ1n) is 12.6. The predicted molar refractivity (Wildman–Crippen MR) is 136 cm³/mol. The van der Waals surface area contributed by atoms with Crippen LogP contribution in [0.1, 0.15) is 67.6 Å². The third-order valence-electron chi connectivity index (χ3n) is 7.40. The van der Waals surface area contributed by atoms with Crippen molar-refractivity contribution in [3.05, 3.63) is 65.4 Å². The van der Waals surface area contributed by atoms with Crippen LogP contribution in [-0.2, 0) is 16.8 Å². The summed E-state index contributed by atoms with van der Waals surface area (Å²) < 4.78 is 0. The zero-order valence-electron chi connectivity index (χ0n) is 20.4. The Labute approximate surface area is 205 Å². The molecule has 5 rings (SSSR count). The highest BCUT2D eigenvalue weighted by Crippen LogP contribution is 2.45. The molecule has 0 unspecified atom stereocenters. The zero-order valence-corrected chi connectivity index (χ0v) is 20.4. The average Bonchev–Trinajstić information content (AvgIpc) is 3.35. The van der Waals surface area contributed by atoms with E-state index in [4.69, 9.17) is 0 Å². The maximum absolute atomic E-state index is 13.8. The van der Waals surface area contributed by atoms with Gasteiger partial charge < -0.3 is 15.2 Å². The summed E-state index contributed by atoms with van der Waals surface area (Å²) in [6.07, 6.45) is 6.29. The number of fused-ring (bicyclic) bond motifs is 5. The average molecular weight is 473 g/mol. The second-order valence-corrected chi connectivity index (χ2v) is 9.64. The van der Waals surface area contributed by atoms with Crippen molar-refractivity contribution in [2.45, 2.75) is 57.9 Å².